The second kappa shape index (κ2) is 4.96. The van der Waals surface area contributed by atoms with Gasteiger partial charge in [-0.3, -0.25) is 4.90 Å². The predicted octanol–water partition coefficient (Wildman–Crippen LogP) is 2.51. The van der Waals surface area contributed by atoms with Crippen molar-refractivity contribution in [3.05, 3.63) is 23.8 Å². The van der Waals surface area contributed by atoms with Crippen LogP contribution in [0, 0.1) is 5.92 Å². The van der Waals surface area contributed by atoms with Crippen LogP contribution in [0.4, 0.5) is 5.69 Å². The van der Waals surface area contributed by atoms with Crippen molar-refractivity contribution in [2.45, 2.75) is 32.4 Å². The molecule has 94 valence electrons. The van der Waals surface area contributed by atoms with Crippen molar-refractivity contribution in [2.75, 3.05) is 19.9 Å². The number of rotatable bonds is 5. The molecule has 0 aliphatic heterocycles. The van der Waals surface area contributed by atoms with Crippen LogP contribution in [0.2, 0.25) is 0 Å². The van der Waals surface area contributed by atoms with E-state index < -0.39 is 0 Å². The number of nitrogens with zero attached hydrogens (tertiary/aromatic N) is 1. The molecule has 0 aromatic heterocycles. The number of nitrogen functional groups attached to an aromatic ring is 1. The van der Waals surface area contributed by atoms with E-state index in [0.29, 0.717) is 6.04 Å². The summed E-state index contributed by atoms with van der Waals surface area (Å²) in [7, 11) is 3.85. The molecule has 0 heterocycles. The summed E-state index contributed by atoms with van der Waals surface area (Å²) < 4.78 is 5.24. The van der Waals surface area contributed by atoms with Gasteiger partial charge in [0.2, 0.25) is 0 Å². The van der Waals surface area contributed by atoms with Gasteiger partial charge in [0.15, 0.2) is 0 Å². The fraction of sp³-hybridized carbons (Fsp3) is 0.571. The average molecular weight is 234 g/mol. The zero-order valence-electron chi connectivity index (χ0n) is 10.9. The Bertz CT molecular complexity index is 388. The molecule has 1 atom stereocenters. The SMILES string of the molecule is COc1ccc(N)c(CN(C)C(C)C2CC2)c1. The molecule has 0 radical (unpaired) electrons. The highest BCUT2D eigenvalue weighted by molar-refractivity contribution is 5.50. The van der Waals surface area contributed by atoms with Crippen molar-refractivity contribution in [3.63, 3.8) is 0 Å². The van der Waals surface area contributed by atoms with E-state index in [-0.39, 0.29) is 0 Å². The van der Waals surface area contributed by atoms with E-state index in [1.54, 1.807) is 7.11 Å². The Morgan fingerprint density at radius 2 is 2.18 bits per heavy atom. The molecule has 1 aliphatic rings. The summed E-state index contributed by atoms with van der Waals surface area (Å²) in [6.45, 7) is 3.19. The van der Waals surface area contributed by atoms with Gasteiger partial charge in [0, 0.05) is 18.3 Å². The van der Waals surface area contributed by atoms with Crippen molar-refractivity contribution in [1.29, 1.82) is 0 Å². The van der Waals surface area contributed by atoms with Gasteiger partial charge >= 0.3 is 0 Å². The highest BCUT2D eigenvalue weighted by Crippen LogP contribution is 2.35. The second-order valence-electron chi connectivity index (χ2n) is 5.06. The molecule has 1 aliphatic carbocycles. The number of ether oxygens (including phenoxy) is 1. The molecule has 0 bridgehead atoms. The van der Waals surface area contributed by atoms with E-state index in [1.807, 2.05) is 18.2 Å². The number of anilines is 1. The maximum Gasteiger partial charge on any atom is 0.119 e. The predicted molar refractivity (Wildman–Crippen MR) is 71.1 cm³/mol. The molecule has 0 amide bonds. The molecular formula is C14H22N2O. The van der Waals surface area contributed by atoms with E-state index in [9.17, 15) is 0 Å². The summed E-state index contributed by atoms with van der Waals surface area (Å²) in [4.78, 5) is 2.38. The summed E-state index contributed by atoms with van der Waals surface area (Å²) in [5.41, 5.74) is 8.00. The Hall–Kier alpha value is -1.22. The number of nitrogens with two attached hydrogens (primary N) is 1. The third-order valence-corrected chi connectivity index (χ3v) is 3.77. The number of hydrogen-bond acceptors (Lipinski definition) is 3. The van der Waals surface area contributed by atoms with Crippen LogP contribution in [0.15, 0.2) is 18.2 Å². The fourth-order valence-electron chi connectivity index (χ4n) is 2.20. The van der Waals surface area contributed by atoms with Crippen LogP contribution in [-0.2, 0) is 6.54 Å². The van der Waals surface area contributed by atoms with Crippen molar-refractivity contribution < 1.29 is 4.74 Å². The Kier molecular flexibility index (Phi) is 3.57. The highest BCUT2D eigenvalue weighted by Gasteiger charge is 2.30. The molecule has 2 rings (SSSR count). The largest absolute Gasteiger partial charge is 0.497 e. The van der Waals surface area contributed by atoms with Crippen LogP contribution in [0.5, 0.6) is 5.75 Å². The molecule has 3 heteroatoms. The number of hydrogen-bond donors (Lipinski definition) is 1. The molecule has 1 aromatic carbocycles. The van der Waals surface area contributed by atoms with E-state index in [1.165, 1.54) is 12.8 Å². The third-order valence-electron chi connectivity index (χ3n) is 3.77. The topological polar surface area (TPSA) is 38.5 Å². The molecule has 3 nitrogen and oxygen atoms in total. The van der Waals surface area contributed by atoms with Crippen molar-refractivity contribution in [1.82, 2.24) is 4.90 Å². The quantitative estimate of drug-likeness (QED) is 0.796. The first-order valence-electron chi connectivity index (χ1n) is 6.24. The minimum absolute atomic E-state index is 0.639. The van der Waals surface area contributed by atoms with Crippen molar-refractivity contribution in [3.8, 4) is 5.75 Å². The van der Waals surface area contributed by atoms with Gasteiger partial charge in [-0.05, 0) is 56.5 Å². The van der Waals surface area contributed by atoms with Gasteiger partial charge in [-0.15, -0.1) is 0 Å². The van der Waals surface area contributed by atoms with E-state index in [0.717, 1.165) is 29.5 Å². The first kappa shape index (κ1) is 12.2. The molecule has 0 spiro atoms. The normalized spacial score (nSPS) is 17.2. The lowest BCUT2D eigenvalue weighted by molar-refractivity contribution is 0.226. The third kappa shape index (κ3) is 2.91. The summed E-state index contributed by atoms with van der Waals surface area (Å²) in [6.07, 6.45) is 2.75. The maximum absolute atomic E-state index is 6.00. The van der Waals surface area contributed by atoms with Crippen LogP contribution in [0.25, 0.3) is 0 Å². The Balaban J connectivity index is 2.05. The van der Waals surface area contributed by atoms with E-state index in [2.05, 4.69) is 18.9 Å². The first-order valence-corrected chi connectivity index (χ1v) is 6.24. The summed E-state index contributed by atoms with van der Waals surface area (Å²) in [5, 5.41) is 0. The van der Waals surface area contributed by atoms with Gasteiger partial charge in [0.1, 0.15) is 5.75 Å². The molecule has 1 unspecified atom stereocenters. The van der Waals surface area contributed by atoms with Crippen LogP contribution in [0.1, 0.15) is 25.3 Å². The molecule has 1 fully saturated rings. The number of methoxy groups -OCH3 is 1. The lowest BCUT2D eigenvalue weighted by atomic mass is 10.1. The summed E-state index contributed by atoms with van der Waals surface area (Å²) in [5.74, 6) is 1.76. The lowest BCUT2D eigenvalue weighted by Gasteiger charge is -2.25. The minimum Gasteiger partial charge on any atom is -0.497 e. The van der Waals surface area contributed by atoms with Gasteiger partial charge in [0.25, 0.3) is 0 Å². The van der Waals surface area contributed by atoms with Crippen LogP contribution >= 0.6 is 0 Å². The molecule has 2 N–H and O–H groups in total. The Morgan fingerprint density at radius 1 is 1.47 bits per heavy atom. The van der Waals surface area contributed by atoms with Gasteiger partial charge < -0.3 is 10.5 Å². The Morgan fingerprint density at radius 3 is 2.76 bits per heavy atom. The molecule has 1 aromatic rings. The molecule has 0 saturated heterocycles. The molecule has 1 saturated carbocycles. The first-order chi connectivity index (χ1) is 8.11. The van der Waals surface area contributed by atoms with Gasteiger partial charge in [0.05, 0.1) is 7.11 Å². The van der Waals surface area contributed by atoms with Crippen molar-refractivity contribution >= 4 is 5.69 Å². The van der Waals surface area contributed by atoms with E-state index in [4.69, 9.17) is 10.5 Å². The second-order valence-corrected chi connectivity index (χ2v) is 5.06. The minimum atomic E-state index is 0.639. The van der Waals surface area contributed by atoms with Crippen LogP contribution < -0.4 is 10.5 Å². The summed E-state index contributed by atoms with van der Waals surface area (Å²) >= 11 is 0. The molecular weight excluding hydrogens is 212 g/mol. The van der Waals surface area contributed by atoms with E-state index >= 15 is 0 Å². The van der Waals surface area contributed by atoms with Crippen LogP contribution in [0.3, 0.4) is 0 Å². The monoisotopic (exact) mass is 234 g/mol. The smallest absolute Gasteiger partial charge is 0.119 e. The maximum atomic E-state index is 6.00. The Labute approximate surface area is 104 Å². The zero-order chi connectivity index (χ0) is 12.4. The fourth-order valence-corrected chi connectivity index (χ4v) is 2.20. The molecule has 17 heavy (non-hydrogen) atoms. The summed E-state index contributed by atoms with van der Waals surface area (Å²) in [6, 6.07) is 6.50. The van der Waals surface area contributed by atoms with Crippen molar-refractivity contribution in [2.24, 2.45) is 5.92 Å². The highest BCUT2D eigenvalue weighted by atomic mass is 16.5. The van der Waals surface area contributed by atoms with Crippen LogP contribution in [-0.4, -0.2) is 25.1 Å². The standard InChI is InChI=1S/C14H22N2O/c1-10(11-4-5-11)16(2)9-12-8-13(17-3)6-7-14(12)15/h6-8,10-11H,4-5,9,15H2,1-3H3. The lowest BCUT2D eigenvalue weighted by Crippen LogP contribution is -2.30. The van der Waals surface area contributed by atoms with Gasteiger partial charge in [-0.1, -0.05) is 0 Å². The van der Waals surface area contributed by atoms with Gasteiger partial charge in [-0.2, -0.15) is 0 Å². The average Bonchev–Trinajstić information content (AvgIpc) is 3.15. The number of benzene rings is 1. The zero-order valence-corrected chi connectivity index (χ0v) is 10.9. The van der Waals surface area contributed by atoms with Gasteiger partial charge in [-0.25, -0.2) is 0 Å².